The molecule has 6 heteroatoms. The second-order valence-corrected chi connectivity index (χ2v) is 6.56. The lowest BCUT2D eigenvalue weighted by atomic mass is 10.0. The highest BCUT2D eigenvalue weighted by Crippen LogP contribution is 2.20. The molecule has 2 aliphatic heterocycles. The molecule has 1 aromatic rings. The predicted molar refractivity (Wildman–Crippen MR) is 91.9 cm³/mol. The number of rotatable bonds is 3. The average molecular weight is 317 g/mol. The van der Waals surface area contributed by atoms with E-state index in [2.05, 4.69) is 32.0 Å². The lowest BCUT2D eigenvalue weighted by Crippen LogP contribution is -2.54. The Morgan fingerprint density at radius 3 is 2.61 bits per heavy atom. The van der Waals surface area contributed by atoms with Crippen LogP contribution in [0.25, 0.3) is 0 Å². The molecule has 1 atom stereocenters. The van der Waals surface area contributed by atoms with E-state index in [1.165, 1.54) is 25.9 Å². The van der Waals surface area contributed by atoms with Crippen molar-refractivity contribution in [2.75, 3.05) is 58.3 Å². The van der Waals surface area contributed by atoms with Crippen LogP contribution in [0.4, 0.5) is 5.69 Å². The van der Waals surface area contributed by atoms with Gasteiger partial charge in [-0.3, -0.25) is 9.69 Å². The van der Waals surface area contributed by atoms with Gasteiger partial charge in [-0.2, -0.15) is 0 Å². The molecule has 3 rings (SSSR count). The van der Waals surface area contributed by atoms with Gasteiger partial charge in [0.05, 0.1) is 11.9 Å². The number of pyridine rings is 1. The van der Waals surface area contributed by atoms with Crippen LogP contribution in [0, 0.1) is 0 Å². The van der Waals surface area contributed by atoms with E-state index in [9.17, 15) is 4.79 Å². The molecule has 3 heterocycles. The van der Waals surface area contributed by atoms with Crippen LogP contribution in [0.2, 0.25) is 0 Å². The number of carbonyl (C=O) groups excluding carboxylic acids is 1. The number of hydrogen-bond donors (Lipinski definition) is 1. The van der Waals surface area contributed by atoms with Gasteiger partial charge in [0.1, 0.15) is 5.69 Å². The number of piperazine rings is 1. The molecule has 1 unspecified atom stereocenters. The van der Waals surface area contributed by atoms with E-state index in [1.807, 2.05) is 12.3 Å². The lowest BCUT2D eigenvalue weighted by molar-refractivity contribution is 0.0958. The SMILES string of the molecule is CNC(=O)c1ccc(N2CCN(C3CCCN(C)C3)CC2)cn1. The summed E-state index contributed by atoms with van der Waals surface area (Å²) < 4.78 is 0. The summed E-state index contributed by atoms with van der Waals surface area (Å²) in [5, 5.41) is 2.60. The predicted octanol–water partition coefficient (Wildman–Crippen LogP) is 0.657. The maximum Gasteiger partial charge on any atom is 0.269 e. The van der Waals surface area contributed by atoms with Crippen molar-refractivity contribution < 1.29 is 4.79 Å². The quantitative estimate of drug-likeness (QED) is 0.887. The largest absolute Gasteiger partial charge is 0.368 e. The fraction of sp³-hybridized carbons (Fsp3) is 0.647. The molecule has 0 aliphatic carbocycles. The van der Waals surface area contributed by atoms with E-state index in [0.29, 0.717) is 11.7 Å². The Morgan fingerprint density at radius 1 is 1.22 bits per heavy atom. The zero-order valence-corrected chi connectivity index (χ0v) is 14.2. The van der Waals surface area contributed by atoms with Crippen LogP contribution >= 0.6 is 0 Å². The van der Waals surface area contributed by atoms with Crippen molar-refractivity contribution in [2.24, 2.45) is 0 Å². The number of nitrogens with zero attached hydrogens (tertiary/aromatic N) is 4. The number of hydrogen-bond acceptors (Lipinski definition) is 5. The van der Waals surface area contributed by atoms with Crippen molar-refractivity contribution in [1.29, 1.82) is 0 Å². The summed E-state index contributed by atoms with van der Waals surface area (Å²) in [5.41, 5.74) is 1.58. The molecule has 1 amide bonds. The fourth-order valence-corrected chi connectivity index (χ4v) is 3.62. The summed E-state index contributed by atoms with van der Waals surface area (Å²) in [6.45, 7) is 6.70. The van der Waals surface area contributed by atoms with Crippen LogP contribution in [0.3, 0.4) is 0 Å². The van der Waals surface area contributed by atoms with E-state index < -0.39 is 0 Å². The molecular weight excluding hydrogens is 290 g/mol. The molecule has 6 nitrogen and oxygen atoms in total. The zero-order valence-electron chi connectivity index (χ0n) is 14.2. The number of likely N-dealkylation sites (N-methyl/N-ethyl adjacent to an activating group) is 1. The Kier molecular flexibility index (Phi) is 5.13. The number of nitrogens with one attached hydrogen (secondary N) is 1. The van der Waals surface area contributed by atoms with E-state index in [1.54, 1.807) is 13.1 Å². The van der Waals surface area contributed by atoms with E-state index in [0.717, 1.165) is 31.9 Å². The van der Waals surface area contributed by atoms with Crippen LogP contribution < -0.4 is 10.2 Å². The monoisotopic (exact) mass is 317 g/mol. The first-order valence-corrected chi connectivity index (χ1v) is 8.53. The van der Waals surface area contributed by atoms with E-state index in [4.69, 9.17) is 0 Å². The van der Waals surface area contributed by atoms with Crippen LogP contribution in [0.15, 0.2) is 18.3 Å². The Hall–Kier alpha value is -1.66. The van der Waals surface area contributed by atoms with Crippen molar-refractivity contribution in [1.82, 2.24) is 20.1 Å². The van der Waals surface area contributed by atoms with Crippen LogP contribution in [0.1, 0.15) is 23.3 Å². The molecule has 2 saturated heterocycles. The van der Waals surface area contributed by atoms with Crippen molar-refractivity contribution in [2.45, 2.75) is 18.9 Å². The van der Waals surface area contributed by atoms with Gasteiger partial charge < -0.3 is 15.1 Å². The summed E-state index contributed by atoms with van der Waals surface area (Å²) in [4.78, 5) is 23.3. The molecule has 23 heavy (non-hydrogen) atoms. The fourth-order valence-electron chi connectivity index (χ4n) is 3.62. The highest BCUT2D eigenvalue weighted by atomic mass is 16.1. The highest BCUT2D eigenvalue weighted by Gasteiger charge is 2.27. The first-order valence-electron chi connectivity index (χ1n) is 8.53. The molecule has 0 radical (unpaired) electrons. The molecule has 1 N–H and O–H groups in total. The van der Waals surface area contributed by atoms with Gasteiger partial charge in [0, 0.05) is 45.8 Å². The molecule has 126 valence electrons. The Balaban J connectivity index is 1.55. The minimum atomic E-state index is -0.136. The normalized spacial score (nSPS) is 23.7. The van der Waals surface area contributed by atoms with Crippen molar-refractivity contribution >= 4 is 11.6 Å². The molecule has 2 fully saturated rings. The molecule has 0 bridgehead atoms. The van der Waals surface area contributed by atoms with E-state index in [-0.39, 0.29) is 5.91 Å². The maximum absolute atomic E-state index is 11.5. The Labute approximate surface area is 138 Å². The molecule has 0 aromatic carbocycles. The minimum absolute atomic E-state index is 0.136. The first-order chi connectivity index (χ1) is 11.2. The van der Waals surface area contributed by atoms with Crippen molar-refractivity contribution in [3.8, 4) is 0 Å². The maximum atomic E-state index is 11.5. The number of anilines is 1. The number of amides is 1. The third-order valence-electron chi connectivity index (χ3n) is 5.00. The molecular formula is C17H27N5O. The van der Waals surface area contributed by atoms with Gasteiger partial charge >= 0.3 is 0 Å². The number of likely N-dealkylation sites (tertiary alicyclic amines) is 1. The topological polar surface area (TPSA) is 51.7 Å². The standard InChI is InChI=1S/C17H27N5O/c1-18-17(23)16-6-5-14(12-19-16)21-8-10-22(11-9-21)15-4-3-7-20(2)13-15/h5-6,12,15H,3-4,7-11,13H2,1-2H3,(H,18,23). The molecule has 2 aliphatic rings. The van der Waals surface area contributed by atoms with Crippen molar-refractivity contribution in [3.05, 3.63) is 24.0 Å². The molecule has 1 aromatic heterocycles. The van der Waals surface area contributed by atoms with Gasteiger partial charge in [-0.1, -0.05) is 0 Å². The summed E-state index contributed by atoms with van der Waals surface area (Å²) in [6, 6.07) is 4.52. The zero-order chi connectivity index (χ0) is 16.2. The second kappa shape index (κ2) is 7.27. The third kappa shape index (κ3) is 3.82. The Bertz CT molecular complexity index is 524. The minimum Gasteiger partial charge on any atom is -0.368 e. The highest BCUT2D eigenvalue weighted by molar-refractivity contribution is 5.92. The lowest BCUT2D eigenvalue weighted by Gasteiger charge is -2.43. The Morgan fingerprint density at radius 2 is 2.00 bits per heavy atom. The van der Waals surface area contributed by atoms with Gasteiger partial charge in [0.25, 0.3) is 5.91 Å². The third-order valence-corrected chi connectivity index (χ3v) is 5.00. The summed E-state index contributed by atoms with van der Waals surface area (Å²) in [7, 11) is 3.85. The second-order valence-electron chi connectivity index (χ2n) is 6.56. The summed E-state index contributed by atoms with van der Waals surface area (Å²) in [6.07, 6.45) is 4.45. The first kappa shape index (κ1) is 16.2. The summed E-state index contributed by atoms with van der Waals surface area (Å²) >= 11 is 0. The van der Waals surface area contributed by atoms with Crippen LogP contribution in [-0.4, -0.2) is 80.1 Å². The number of aromatic nitrogens is 1. The van der Waals surface area contributed by atoms with Crippen molar-refractivity contribution in [3.63, 3.8) is 0 Å². The average Bonchev–Trinajstić information content (AvgIpc) is 2.61. The molecule has 0 saturated carbocycles. The number of piperidine rings is 1. The summed E-state index contributed by atoms with van der Waals surface area (Å²) in [5.74, 6) is -0.136. The van der Waals surface area contributed by atoms with Gasteiger partial charge in [0.2, 0.25) is 0 Å². The smallest absolute Gasteiger partial charge is 0.269 e. The van der Waals surface area contributed by atoms with Crippen LogP contribution in [0.5, 0.6) is 0 Å². The van der Waals surface area contributed by atoms with Gasteiger partial charge in [-0.05, 0) is 38.6 Å². The van der Waals surface area contributed by atoms with Gasteiger partial charge in [-0.25, -0.2) is 4.98 Å². The van der Waals surface area contributed by atoms with Gasteiger partial charge in [-0.15, -0.1) is 0 Å². The van der Waals surface area contributed by atoms with E-state index >= 15 is 0 Å². The molecule has 0 spiro atoms. The van der Waals surface area contributed by atoms with Crippen LogP contribution in [-0.2, 0) is 0 Å². The number of carbonyl (C=O) groups is 1. The van der Waals surface area contributed by atoms with Gasteiger partial charge in [0.15, 0.2) is 0 Å².